The van der Waals surface area contributed by atoms with E-state index in [0.29, 0.717) is 23.9 Å². The Kier molecular flexibility index (Phi) is 5.68. The minimum Gasteiger partial charge on any atom is -0.435 e. The first-order valence-corrected chi connectivity index (χ1v) is 14.4. The van der Waals surface area contributed by atoms with Gasteiger partial charge in [0.25, 0.3) is 0 Å². The van der Waals surface area contributed by atoms with Gasteiger partial charge >= 0.3 is 0 Å². The zero-order valence-electron chi connectivity index (χ0n) is 27.0. The molecule has 7 rings (SSSR count). The van der Waals surface area contributed by atoms with Crippen LogP contribution in [0.2, 0.25) is 0 Å². The van der Waals surface area contributed by atoms with E-state index < -0.39 is 6.85 Å². The molecular formula is C37H34N4O. The lowest BCUT2D eigenvalue weighted by atomic mass is 9.89. The molecule has 0 N–H and O–H groups in total. The second-order valence-corrected chi connectivity index (χ2v) is 11.2. The molecule has 0 saturated heterocycles. The Labute approximate surface area is 251 Å². The molecule has 1 atom stereocenters. The topological polar surface area (TPSA) is 45.4 Å². The van der Waals surface area contributed by atoms with Crippen LogP contribution >= 0.6 is 0 Å². The fourth-order valence-corrected chi connectivity index (χ4v) is 5.96. The first-order chi connectivity index (χ1) is 21.7. The molecule has 1 aliphatic rings. The van der Waals surface area contributed by atoms with Crippen molar-refractivity contribution in [3.05, 3.63) is 132 Å². The van der Waals surface area contributed by atoms with Crippen molar-refractivity contribution in [3.8, 4) is 11.3 Å². The number of pyridine rings is 2. The quantitative estimate of drug-likeness (QED) is 0.206. The lowest BCUT2D eigenvalue weighted by Crippen LogP contribution is -2.27. The zero-order chi connectivity index (χ0) is 31.3. The van der Waals surface area contributed by atoms with Crippen LogP contribution in [-0.2, 0) is 0 Å². The molecule has 0 spiro atoms. The van der Waals surface area contributed by atoms with Crippen LogP contribution in [0.25, 0.3) is 33.3 Å². The summed E-state index contributed by atoms with van der Waals surface area (Å²) in [5, 5.41) is 1.70. The van der Waals surface area contributed by atoms with Gasteiger partial charge in [0.05, 0.1) is 18.1 Å². The molecule has 3 aromatic heterocycles. The number of anilines is 2. The zero-order valence-corrected chi connectivity index (χ0v) is 24.0. The van der Waals surface area contributed by atoms with Crippen LogP contribution in [0.5, 0.6) is 0 Å². The molecule has 0 fully saturated rings. The van der Waals surface area contributed by atoms with Crippen molar-refractivity contribution in [2.24, 2.45) is 0 Å². The Morgan fingerprint density at radius 2 is 1.52 bits per heavy atom. The number of para-hydroxylation sites is 2. The molecule has 5 heteroatoms. The SMILES string of the molecule is [2H]C([2H])([2H])c1ccc2c(n1)oc1c(N3C=CN(c4c(C(C)C)cccc4C(C)c4cccc(-c5ccccc5)n4)C3)cccc12. The van der Waals surface area contributed by atoms with E-state index in [0.717, 1.165) is 33.4 Å². The molecule has 0 amide bonds. The summed E-state index contributed by atoms with van der Waals surface area (Å²) in [6.45, 7) is 4.98. The Bertz CT molecular complexity index is 2050. The number of hydrogen-bond donors (Lipinski definition) is 0. The van der Waals surface area contributed by atoms with E-state index in [4.69, 9.17) is 13.5 Å². The van der Waals surface area contributed by atoms with Crippen LogP contribution in [-0.4, -0.2) is 16.6 Å². The number of fused-ring (bicyclic) bond motifs is 3. The van der Waals surface area contributed by atoms with Gasteiger partial charge < -0.3 is 14.2 Å². The van der Waals surface area contributed by atoms with Gasteiger partial charge in [-0.25, -0.2) is 4.98 Å². The average molecular weight is 554 g/mol. The minimum absolute atomic E-state index is 0.0265. The largest absolute Gasteiger partial charge is 0.435 e. The third-order valence-corrected chi connectivity index (χ3v) is 8.14. The van der Waals surface area contributed by atoms with Gasteiger partial charge in [0, 0.05) is 55.8 Å². The van der Waals surface area contributed by atoms with E-state index in [2.05, 4.69) is 96.5 Å². The summed E-state index contributed by atoms with van der Waals surface area (Å²) in [6.07, 6.45) is 4.20. The molecule has 208 valence electrons. The van der Waals surface area contributed by atoms with Crippen molar-refractivity contribution in [2.45, 2.75) is 39.5 Å². The van der Waals surface area contributed by atoms with Crippen LogP contribution in [0.3, 0.4) is 0 Å². The molecule has 42 heavy (non-hydrogen) atoms. The van der Waals surface area contributed by atoms with Gasteiger partial charge in [-0.2, -0.15) is 0 Å². The van der Waals surface area contributed by atoms with E-state index in [1.807, 2.05) is 36.4 Å². The van der Waals surface area contributed by atoms with Gasteiger partial charge in [-0.15, -0.1) is 0 Å². The highest BCUT2D eigenvalue weighted by atomic mass is 16.3. The molecule has 5 nitrogen and oxygen atoms in total. The molecule has 0 saturated carbocycles. The first kappa shape index (κ1) is 22.8. The highest BCUT2D eigenvalue weighted by Gasteiger charge is 2.26. The first-order valence-electron chi connectivity index (χ1n) is 15.9. The van der Waals surface area contributed by atoms with Gasteiger partial charge in [-0.05, 0) is 54.2 Å². The van der Waals surface area contributed by atoms with Crippen molar-refractivity contribution < 1.29 is 8.53 Å². The smallest absolute Gasteiger partial charge is 0.227 e. The van der Waals surface area contributed by atoms with Crippen LogP contribution in [0.15, 0.2) is 114 Å². The highest BCUT2D eigenvalue weighted by molar-refractivity contribution is 6.08. The predicted molar refractivity (Wildman–Crippen MR) is 173 cm³/mol. The van der Waals surface area contributed by atoms with E-state index in [-0.39, 0.29) is 11.6 Å². The Morgan fingerprint density at radius 1 is 0.738 bits per heavy atom. The van der Waals surface area contributed by atoms with Crippen LogP contribution in [0.4, 0.5) is 11.4 Å². The Hall–Kier alpha value is -4.90. The lowest BCUT2D eigenvalue weighted by molar-refractivity contribution is 0.651. The average Bonchev–Trinajstić information content (AvgIpc) is 3.69. The molecule has 0 radical (unpaired) electrons. The normalized spacial score (nSPS) is 15.4. The van der Waals surface area contributed by atoms with Crippen LogP contribution in [0.1, 0.15) is 59.2 Å². The Balaban J connectivity index is 1.25. The second-order valence-electron chi connectivity index (χ2n) is 11.2. The predicted octanol–water partition coefficient (Wildman–Crippen LogP) is 9.38. The standard InChI is InChI=1S/C37H34N4O/c1-24(2)28-13-8-14-29(26(4)32-16-10-17-33(39-32)27-11-6-5-7-12-27)35(28)41-22-21-40(23-41)34-18-9-15-30-31-20-19-25(3)38-37(31)42-36(30)34/h5-22,24,26H,23H2,1-4H3/i3D3. The third-order valence-electron chi connectivity index (χ3n) is 8.14. The number of aromatic nitrogens is 2. The lowest BCUT2D eigenvalue weighted by Gasteiger charge is -2.29. The van der Waals surface area contributed by atoms with Crippen molar-refractivity contribution in [2.75, 3.05) is 16.5 Å². The van der Waals surface area contributed by atoms with Crippen LogP contribution in [0, 0.1) is 6.85 Å². The summed E-state index contributed by atoms with van der Waals surface area (Å²) in [4.78, 5) is 13.9. The molecule has 0 bridgehead atoms. The number of furan rings is 1. The summed E-state index contributed by atoms with van der Waals surface area (Å²) in [6, 6.07) is 32.5. The maximum Gasteiger partial charge on any atom is 0.227 e. The maximum absolute atomic E-state index is 7.77. The summed E-state index contributed by atoms with van der Waals surface area (Å²) in [7, 11) is 0. The summed E-state index contributed by atoms with van der Waals surface area (Å²) in [5.41, 5.74) is 8.70. The molecular weight excluding hydrogens is 516 g/mol. The van der Waals surface area contributed by atoms with Crippen molar-refractivity contribution in [1.29, 1.82) is 0 Å². The van der Waals surface area contributed by atoms with Gasteiger partial charge in [-0.3, -0.25) is 4.98 Å². The van der Waals surface area contributed by atoms with Crippen molar-refractivity contribution >= 4 is 33.4 Å². The van der Waals surface area contributed by atoms with Crippen molar-refractivity contribution in [3.63, 3.8) is 0 Å². The van der Waals surface area contributed by atoms with Gasteiger partial charge in [0.1, 0.15) is 0 Å². The van der Waals surface area contributed by atoms with Gasteiger partial charge in [0.15, 0.2) is 5.58 Å². The maximum atomic E-state index is 7.77. The molecule has 1 aliphatic heterocycles. The number of hydrogen-bond acceptors (Lipinski definition) is 5. The monoisotopic (exact) mass is 553 g/mol. The van der Waals surface area contributed by atoms with E-state index >= 15 is 0 Å². The molecule has 3 aromatic carbocycles. The van der Waals surface area contributed by atoms with Crippen LogP contribution < -0.4 is 9.80 Å². The molecule has 0 aliphatic carbocycles. The number of benzene rings is 3. The number of nitrogens with zero attached hydrogens (tertiary/aromatic N) is 4. The minimum atomic E-state index is -2.30. The van der Waals surface area contributed by atoms with Gasteiger partial charge in [-0.1, -0.05) is 87.5 Å². The second kappa shape index (κ2) is 10.5. The number of aryl methyl sites for hydroxylation is 1. The summed E-state index contributed by atoms with van der Waals surface area (Å²) in [5.74, 6) is 0.373. The number of rotatable bonds is 6. The van der Waals surface area contributed by atoms with Gasteiger partial charge in [0.2, 0.25) is 5.71 Å². The molecule has 6 aromatic rings. The summed E-state index contributed by atoms with van der Waals surface area (Å²) < 4.78 is 29.5. The Morgan fingerprint density at radius 3 is 2.36 bits per heavy atom. The molecule has 4 heterocycles. The fourth-order valence-electron chi connectivity index (χ4n) is 5.96. The molecule has 1 unspecified atom stereocenters. The van der Waals surface area contributed by atoms with E-state index in [1.54, 1.807) is 12.1 Å². The fraction of sp³-hybridized carbons (Fsp3) is 0.189. The highest BCUT2D eigenvalue weighted by Crippen LogP contribution is 2.41. The van der Waals surface area contributed by atoms with E-state index in [9.17, 15) is 0 Å². The third kappa shape index (κ3) is 4.51. The van der Waals surface area contributed by atoms with Crippen molar-refractivity contribution in [1.82, 2.24) is 9.97 Å². The van der Waals surface area contributed by atoms with E-state index in [1.165, 1.54) is 16.8 Å². The summed E-state index contributed by atoms with van der Waals surface area (Å²) >= 11 is 0.